The van der Waals surface area contributed by atoms with Crippen LogP contribution in [0, 0.1) is 20.8 Å². The number of thioether (sulfide) groups is 1. The Morgan fingerprint density at radius 3 is 3.04 bits per heavy atom. The van der Waals surface area contributed by atoms with Crippen LogP contribution in [-0.2, 0) is 23.5 Å². The molecule has 0 aromatic carbocycles. The van der Waals surface area contributed by atoms with E-state index in [1.54, 1.807) is 11.8 Å². The number of hydrogen-bond donors (Lipinski definition) is 1. The second kappa shape index (κ2) is 6.78. The quantitative estimate of drug-likeness (QED) is 0.907. The van der Waals surface area contributed by atoms with Crippen LogP contribution in [0.15, 0.2) is 10.7 Å². The van der Waals surface area contributed by atoms with E-state index in [1.807, 2.05) is 20.8 Å². The van der Waals surface area contributed by atoms with Crippen LogP contribution in [0.2, 0.25) is 0 Å². The number of fused-ring (bicyclic) bond motifs is 1. The van der Waals surface area contributed by atoms with Gasteiger partial charge in [-0.05, 0) is 27.2 Å². The highest BCUT2D eigenvalue weighted by molar-refractivity contribution is 7.99. The van der Waals surface area contributed by atoms with Crippen molar-refractivity contribution in [2.45, 2.75) is 52.0 Å². The molecule has 0 bridgehead atoms. The van der Waals surface area contributed by atoms with Gasteiger partial charge in [0, 0.05) is 36.5 Å². The van der Waals surface area contributed by atoms with E-state index < -0.39 is 0 Å². The van der Waals surface area contributed by atoms with Crippen LogP contribution >= 0.6 is 11.8 Å². The van der Waals surface area contributed by atoms with Gasteiger partial charge in [0.1, 0.15) is 11.6 Å². The first-order valence-corrected chi connectivity index (χ1v) is 9.00. The zero-order valence-electron chi connectivity index (χ0n) is 13.8. The molecule has 1 aliphatic heterocycles. The summed E-state index contributed by atoms with van der Waals surface area (Å²) in [6.45, 7) is 6.66. The van der Waals surface area contributed by atoms with Crippen molar-refractivity contribution in [3.63, 3.8) is 0 Å². The number of amides is 1. The van der Waals surface area contributed by atoms with E-state index >= 15 is 0 Å². The molecule has 1 unspecified atom stereocenters. The zero-order valence-corrected chi connectivity index (χ0v) is 14.6. The third kappa shape index (κ3) is 3.77. The van der Waals surface area contributed by atoms with Crippen LogP contribution in [-0.4, -0.2) is 32.4 Å². The summed E-state index contributed by atoms with van der Waals surface area (Å²) in [5.74, 6) is 3.26. The zero-order chi connectivity index (χ0) is 16.4. The van der Waals surface area contributed by atoms with Crippen molar-refractivity contribution in [2.24, 2.45) is 0 Å². The van der Waals surface area contributed by atoms with E-state index in [1.165, 1.54) is 0 Å². The summed E-state index contributed by atoms with van der Waals surface area (Å²) < 4.78 is 7.29. The first-order chi connectivity index (χ1) is 11.0. The summed E-state index contributed by atoms with van der Waals surface area (Å²) in [6.07, 6.45) is 3.93. The fourth-order valence-corrected chi connectivity index (χ4v) is 3.91. The van der Waals surface area contributed by atoms with E-state index in [2.05, 4.69) is 26.2 Å². The van der Waals surface area contributed by atoms with Crippen molar-refractivity contribution in [1.82, 2.24) is 20.0 Å². The molecule has 0 saturated carbocycles. The average Bonchev–Trinajstić information content (AvgIpc) is 3.02. The Hall–Kier alpha value is -1.76. The van der Waals surface area contributed by atoms with Crippen LogP contribution in [0.5, 0.6) is 0 Å². The SMILES string of the molecule is Cc1cn2c(n1)CCC(NC(=O)CSCc1c(C)noc1C)C2. The van der Waals surface area contributed by atoms with Crippen LogP contribution < -0.4 is 5.32 Å². The minimum atomic E-state index is 0.0899. The lowest BCUT2D eigenvalue weighted by Crippen LogP contribution is -2.41. The average molecular weight is 334 g/mol. The van der Waals surface area contributed by atoms with E-state index in [0.29, 0.717) is 5.75 Å². The molecule has 1 aliphatic rings. The highest BCUT2D eigenvalue weighted by Crippen LogP contribution is 2.20. The number of nitrogens with zero attached hydrogens (tertiary/aromatic N) is 3. The minimum Gasteiger partial charge on any atom is -0.361 e. The fraction of sp³-hybridized carbons (Fsp3) is 0.562. The molecule has 2 aromatic heterocycles. The van der Waals surface area contributed by atoms with Gasteiger partial charge < -0.3 is 14.4 Å². The Morgan fingerprint density at radius 1 is 1.48 bits per heavy atom. The van der Waals surface area contributed by atoms with Gasteiger partial charge in [-0.1, -0.05) is 5.16 Å². The standard InChI is InChI=1S/C16H22N4O2S/c1-10-6-20-7-13(4-5-15(20)17-10)18-16(21)9-23-8-14-11(2)19-22-12(14)3/h6,13H,4-5,7-9H2,1-3H3,(H,18,21). The largest absolute Gasteiger partial charge is 0.361 e. The molecule has 1 N–H and O–H groups in total. The molecular formula is C16H22N4O2S. The normalized spacial score (nSPS) is 17.1. The predicted molar refractivity (Wildman–Crippen MR) is 89.4 cm³/mol. The van der Waals surface area contributed by atoms with Crippen molar-refractivity contribution in [1.29, 1.82) is 0 Å². The molecule has 3 rings (SSSR count). The van der Waals surface area contributed by atoms with Crippen molar-refractivity contribution < 1.29 is 9.32 Å². The summed E-state index contributed by atoms with van der Waals surface area (Å²) in [7, 11) is 0. The molecule has 0 aliphatic carbocycles. The second-order valence-electron chi connectivity index (χ2n) is 6.05. The van der Waals surface area contributed by atoms with Crippen molar-refractivity contribution in [3.8, 4) is 0 Å². The molecule has 7 heteroatoms. The highest BCUT2D eigenvalue weighted by Gasteiger charge is 2.21. The summed E-state index contributed by atoms with van der Waals surface area (Å²) in [5, 5.41) is 7.06. The number of imidazole rings is 1. The van der Waals surface area contributed by atoms with Gasteiger partial charge in [-0.2, -0.15) is 0 Å². The van der Waals surface area contributed by atoms with Gasteiger partial charge in [0.2, 0.25) is 5.91 Å². The lowest BCUT2D eigenvalue weighted by molar-refractivity contribution is -0.119. The second-order valence-corrected chi connectivity index (χ2v) is 7.04. The molecule has 3 heterocycles. The number of hydrogen-bond acceptors (Lipinski definition) is 5. The maximum Gasteiger partial charge on any atom is 0.230 e. The molecule has 124 valence electrons. The summed E-state index contributed by atoms with van der Waals surface area (Å²) in [6, 6.07) is 0.197. The highest BCUT2D eigenvalue weighted by atomic mass is 32.2. The molecular weight excluding hydrogens is 312 g/mol. The lowest BCUT2D eigenvalue weighted by Gasteiger charge is -2.24. The van der Waals surface area contributed by atoms with Crippen LogP contribution in [0.3, 0.4) is 0 Å². The maximum atomic E-state index is 12.1. The number of carbonyl (C=O) groups excluding carboxylic acids is 1. The minimum absolute atomic E-state index is 0.0899. The molecule has 0 fully saturated rings. The topological polar surface area (TPSA) is 73.0 Å². The van der Waals surface area contributed by atoms with Crippen molar-refractivity contribution in [2.75, 3.05) is 5.75 Å². The first kappa shape index (κ1) is 16.1. The monoisotopic (exact) mass is 334 g/mol. The molecule has 6 nitrogen and oxygen atoms in total. The summed E-state index contributed by atoms with van der Waals surface area (Å²) in [5.41, 5.74) is 3.05. The smallest absolute Gasteiger partial charge is 0.230 e. The van der Waals surface area contributed by atoms with Gasteiger partial charge in [0.15, 0.2) is 0 Å². The third-order valence-corrected chi connectivity index (χ3v) is 5.10. The Bertz CT molecular complexity index is 687. The van der Waals surface area contributed by atoms with Crippen molar-refractivity contribution in [3.05, 3.63) is 34.7 Å². The van der Waals surface area contributed by atoms with E-state index in [0.717, 1.165) is 53.7 Å². The maximum absolute atomic E-state index is 12.1. The van der Waals surface area contributed by atoms with Gasteiger partial charge in [-0.3, -0.25) is 4.79 Å². The Balaban J connectivity index is 1.45. The van der Waals surface area contributed by atoms with E-state index in [4.69, 9.17) is 4.52 Å². The number of carbonyl (C=O) groups is 1. The molecule has 0 saturated heterocycles. The number of aryl methyl sites for hydroxylation is 4. The number of rotatable bonds is 5. The van der Waals surface area contributed by atoms with Gasteiger partial charge in [-0.25, -0.2) is 4.98 Å². The Labute approximate surface area is 140 Å². The van der Waals surface area contributed by atoms with Gasteiger partial charge in [-0.15, -0.1) is 11.8 Å². The van der Waals surface area contributed by atoms with Gasteiger partial charge in [0.25, 0.3) is 0 Å². The number of nitrogens with one attached hydrogen (secondary N) is 1. The lowest BCUT2D eigenvalue weighted by atomic mass is 10.1. The van der Waals surface area contributed by atoms with Gasteiger partial charge >= 0.3 is 0 Å². The Kier molecular flexibility index (Phi) is 4.75. The van der Waals surface area contributed by atoms with Gasteiger partial charge in [0.05, 0.1) is 17.1 Å². The molecule has 1 amide bonds. The fourth-order valence-electron chi connectivity index (χ4n) is 2.93. The van der Waals surface area contributed by atoms with Crippen LogP contribution in [0.4, 0.5) is 0 Å². The third-order valence-electron chi connectivity index (χ3n) is 4.14. The first-order valence-electron chi connectivity index (χ1n) is 7.84. The molecule has 0 spiro atoms. The number of aromatic nitrogens is 3. The molecule has 1 atom stereocenters. The van der Waals surface area contributed by atoms with E-state index in [9.17, 15) is 4.79 Å². The Morgan fingerprint density at radius 2 is 2.30 bits per heavy atom. The van der Waals surface area contributed by atoms with Crippen LogP contribution in [0.1, 0.15) is 35.0 Å². The summed E-state index contributed by atoms with van der Waals surface area (Å²) >= 11 is 1.59. The molecule has 2 aromatic rings. The van der Waals surface area contributed by atoms with E-state index in [-0.39, 0.29) is 11.9 Å². The summed E-state index contributed by atoms with van der Waals surface area (Å²) in [4.78, 5) is 16.6. The predicted octanol–water partition coefficient (Wildman–Crippen LogP) is 2.16. The molecule has 0 radical (unpaired) electrons. The van der Waals surface area contributed by atoms with Crippen LogP contribution in [0.25, 0.3) is 0 Å². The van der Waals surface area contributed by atoms with Crippen molar-refractivity contribution >= 4 is 17.7 Å². The molecule has 23 heavy (non-hydrogen) atoms.